The molecule has 0 spiro atoms. The summed E-state index contributed by atoms with van der Waals surface area (Å²) in [4.78, 5) is 10.9. The van der Waals surface area contributed by atoms with Gasteiger partial charge in [-0.15, -0.1) is 0 Å². The van der Waals surface area contributed by atoms with Gasteiger partial charge in [0.1, 0.15) is 0 Å². The predicted molar refractivity (Wildman–Crippen MR) is 85.7 cm³/mol. The molecule has 0 atom stereocenters. The van der Waals surface area contributed by atoms with Crippen LogP contribution < -0.4 is 5.32 Å². The second kappa shape index (κ2) is 14.0. The maximum Gasteiger partial charge on any atom is 0.243 e. The van der Waals surface area contributed by atoms with E-state index < -0.39 is 0 Å². The van der Waals surface area contributed by atoms with Crippen molar-refractivity contribution in [2.45, 2.75) is 51.4 Å². The van der Waals surface area contributed by atoms with Crippen LogP contribution >= 0.6 is 0 Å². The standard InChI is InChI=1S/C18H27NO.V/c1-19-18(20)16-12-7-5-3-2-4-6-9-13-17-14-10-8-11-15-17;/h8,10-12,14-16H,2-7,9,13H2,1H3,(H,19,20);/b16-12+;. The molecule has 1 rings (SSSR count). The van der Waals surface area contributed by atoms with E-state index in [2.05, 4.69) is 35.6 Å². The first-order chi connectivity index (χ1) is 9.83. The SMILES string of the molecule is CNC(=O)/C=C/CCCCCCCCc1ccccc1.[V]. The summed E-state index contributed by atoms with van der Waals surface area (Å²) in [5.74, 6) is -0.00841. The van der Waals surface area contributed by atoms with E-state index in [0.717, 1.165) is 6.42 Å². The van der Waals surface area contributed by atoms with E-state index in [-0.39, 0.29) is 24.5 Å². The molecule has 0 aliphatic carbocycles. The Bertz CT molecular complexity index is 389. The molecule has 0 aliphatic rings. The third-order valence-electron chi connectivity index (χ3n) is 3.44. The topological polar surface area (TPSA) is 29.1 Å². The Morgan fingerprint density at radius 2 is 1.62 bits per heavy atom. The maximum absolute atomic E-state index is 10.9. The van der Waals surface area contributed by atoms with Crippen molar-refractivity contribution in [2.24, 2.45) is 0 Å². The Morgan fingerprint density at radius 3 is 2.29 bits per heavy atom. The molecule has 0 aliphatic heterocycles. The van der Waals surface area contributed by atoms with E-state index in [1.54, 1.807) is 13.1 Å². The molecule has 0 heterocycles. The second-order valence-electron chi connectivity index (χ2n) is 5.16. The van der Waals surface area contributed by atoms with Crippen LogP contribution in [0.3, 0.4) is 0 Å². The third kappa shape index (κ3) is 11.4. The van der Waals surface area contributed by atoms with Gasteiger partial charge >= 0.3 is 0 Å². The average molecular weight is 324 g/mol. The van der Waals surface area contributed by atoms with Crippen molar-refractivity contribution in [3.05, 3.63) is 48.0 Å². The zero-order valence-electron chi connectivity index (χ0n) is 13.1. The number of carbonyl (C=O) groups excluding carboxylic acids is 1. The van der Waals surface area contributed by atoms with Crippen molar-refractivity contribution in [1.82, 2.24) is 5.32 Å². The van der Waals surface area contributed by atoms with Gasteiger partial charge in [0.2, 0.25) is 5.91 Å². The summed E-state index contributed by atoms with van der Waals surface area (Å²) in [7, 11) is 1.65. The number of hydrogen-bond acceptors (Lipinski definition) is 1. The number of amides is 1. The van der Waals surface area contributed by atoms with Crippen LogP contribution in [0.25, 0.3) is 0 Å². The number of benzene rings is 1. The Labute approximate surface area is 141 Å². The first-order valence-electron chi connectivity index (χ1n) is 7.75. The van der Waals surface area contributed by atoms with Crippen LogP contribution in [0.1, 0.15) is 50.5 Å². The number of aryl methyl sites for hydroxylation is 1. The molecule has 0 saturated heterocycles. The summed E-state index contributed by atoms with van der Waals surface area (Å²) in [6.07, 6.45) is 13.5. The summed E-state index contributed by atoms with van der Waals surface area (Å²) in [6.45, 7) is 0. The molecule has 1 amide bonds. The summed E-state index contributed by atoms with van der Waals surface area (Å²) in [5, 5.41) is 2.58. The Kier molecular flexibility index (Phi) is 13.3. The third-order valence-corrected chi connectivity index (χ3v) is 3.44. The van der Waals surface area contributed by atoms with Gasteiger partial charge in [-0.1, -0.05) is 62.1 Å². The van der Waals surface area contributed by atoms with Crippen molar-refractivity contribution < 1.29 is 23.4 Å². The molecule has 21 heavy (non-hydrogen) atoms. The van der Waals surface area contributed by atoms with Crippen LogP contribution in [-0.2, 0) is 29.8 Å². The molecule has 0 unspecified atom stereocenters. The quantitative estimate of drug-likeness (QED) is 0.506. The largest absolute Gasteiger partial charge is 0.356 e. The van der Waals surface area contributed by atoms with Gasteiger partial charge in [0.25, 0.3) is 0 Å². The second-order valence-corrected chi connectivity index (χ2v) is 5.16. The molecule has 1 radical (unpaired) electrons. The number of allylic oxidation sites excluding steroid dienone is 1. The van der Waals surface area contributed by atoms with Gasteiger partial charge in [0.15, 0.2) is 0 Å². The fourth-order valence-corrected chi connectivity index (χ4v) is 2.22. The fourth-order valence-electron chi connectivity index (χ4n) is 2.22. The molecule has 1 N–H and O–H groups in total. The summed E-state index contributed by atoms with van der Waals surface area (Å²) >= 11 is 0. The van der Waals surface area contributed by atoms with Gasteiger partial charge in [-0.25, -0.2) is 0 Å². The van der Waals surface area contributed by atoms with E-state index in [9.17, 15) is 4.79 Å². The zero-order chi connectivity index (χ0) is 14.5. The average Bonchev–Trinajstić information content (AvgIpc) is 2.50. The van der Waals surface area contributed by atoms with Crippen molar-refractivity contribution in [1.29, 1.82) is 0 Å². The van der Waals surface area contributed by atoms with E-state index in [1.165, 1.54) is 50.5 Å². The minimum atomic E-state index is -0.00841. The number of carbonyl (C=O) groups is 1. The van der Waals surface area contributed by atoms with Crippen molar-refractivity contribution in [2.75, 3.05) is 7.05 Å². The van der Waals surface area contributed by atoms with Gasteiger partial charge in [-0.05, 0) is 37.3 Å². The Hall–Kier alpha value is -0.986. The van der Waals surface area contributed by atoms with Gasteiger partial charge < -0.3 is 5.32 Å². The van der Waals surface area contributed by atoms with Gasteiger partial charge in [-0.3, -0.25) is 4.79 Å². The minimum Gasteiger partial charge on any atom is -0.356 e. The van der Waals surface area contributed by atoms with Gasteiger partial charge in [0, 0.05) is 25.6 Å². The fraction of sp³-hybridized carbons (Fsp3) is 0.500. The molecular weight excluding hydrogens is 297 g/mol. The molecule has 1 aromatic rings. The van der Waals surface area contributed by atoms with Crippen LogP contribution in [0.2, 0.25) is 0 Å². The minimum absolute atomic E-state index is 0. The Morgan fingerprint density at radius 1 is 1.00 bits per heavy atom. The molecule has 1 aromatic carbocycles. The molecule has 3 heteroatoms. The molecule has 0 aromatic heterocycles. The van der Waals surface area contributed by atoms with E-state index >= 15 is 0 Å². The van der Waals surface area contributed by atoms with Crippen LogP contribution in [0.4, 0.5) is 0 Å². The maximum atomic E-state index is 10.9. The molecule has 0 saturated carbocycles. The van der Waals surface area contributed by atoms with E-state index in [0.29, 0.717) is 0 Å². The van der Waals surface area contributed by atoms with Gasteiger partial charge in [-0.2, -0.15) is 0 Å². The van der Waals surface area contributed by atoms with Crippen LogP contribution in [0.15, 0.2) is 42.5 Å². The smallest absolute Gasteiger partial charge is 0.243 e. The molecule has 2 nitrogen and oxygen atoms in total. The number of likely N-dealkylation sites (N-methyl/N-ethyl adjacent to an activating group) is 1. The van der Waals surface area contributed by atoms with Crippen molar-refractivity contribution in [3.63, 3.8) is 0 Å². The molecule has 0 bridgehead atoms. The summed E-state index contributed by atoms with van der Waals surface area (Å²) < 4.78 is 0. The molecule has 115 valence electrons. The van der Waals surface area contributed by atoms with Crippen LogP contribution in [0.5, 0.6) is 0 Å². The normalized spacial score (nSPS) is 10.3. The summed E-state index contributed by atoms with van der Waals surface area (Å²) in [5.41, 5.74) is 1.45. The number of hydrogen-bond donors (Lipinski definition) is 1. The van der Waals surface area contributed by atoms with E-state index in [1.807, 2.05) is 6.08 Å². The predicted octanol–water partition coefficient (Wildman–Crippen LogP) is 4.26. The van der Waals surface area contributed by atoms with Crippen molar-refractivity contribution >= 4 is 5.91 Å². The first-order valence-corrected chi connectivity index (χ1v) is 7.75. The molecule has 0 fully saturated rings. The molecular formula is C18H27NOV. The van der Waals surface area contributed by atoms with Crippen LogP contribution in [0, 0.1) is 0 Å². The number of rotatable bonds is 10. The van der Waals surface area contributed by atoms with Crippen molar-refractivity contribution in [3.8, 4) is 0 Å². The first kappa shape index (κ1) is 20.0. The number of unbranched alkanes of at least 4 members (excludes halogenated alkanes) is 6. The zero-order valence-corrected chi connectivity index (χ0v) is 14.5. The van der Waals surface area contributed by atoms with E-state index in [4.69, 9.17) is 0 Å². The van der Waals surface area contributed by atoms with Gasteiger partial charge in [0.05, 0.1) is 0 Å². The monoisotopic (exact) mass is 324 g/mol. The van der Waals surface area contributed by atoms with Crippen LogP contribution in [-0.4, -0.2) is 13.0 Å². The number of nitrogens with one attached hydrogen (secondary N) is 1. The Balaban J connectivity index is 0.00000400. The summed E-state index contributed by atoms with van der Waals surface area (Å²) in [6, 6.07) is 10.7.